The Morgan fingerprint density at radius 3 is 2.74 bits per heavy atom. The Hall–Kier alpha value is -1.74. The summed E-state index contributed by atoms with van der Waals surface area (Å²) in [4.78, 5) is 4.45. The topological polar surface area (TPSA) is 34.1 Å². The van der Waals surface area contributed by atoms with Gasteiger partial charge in [0.2, 0.25) is 0 Å². The molecular weight excluding hydrogens is 260 g/mol. The summed E-state index contributed by atoms with van der Waals surface area (Å²) in [5.41, 5.74) is 3.95. The number of hydrogen-bond acceptors (Lipinski definition) is 3. The van der Waals surface area contributed by atoms with E-state index < -0.39 is 0 Å². The SMILES string of the molecule is COc1cc(Cl)c(C)cc1NCc1cccc(C)n1. The molecule has 0 saturated carbocycles. The molecule has 2 rings (SSSR count). The van der Waals surface area contributed by atoms with Gasteiger partial charge in [-0.2, -0.15) is 0 Å². The van der Waals surface area contributed by atoms with Crippen molar-refractivity contribution in [3.05, 3.63) is 52.3 Å². The summed E-state index contributed by atoms with van der Waals surface area (Å²) < 4.78 is 5.33. The van der Waals surface area contributed by atoms with Crippen molar-refractivity contribution in [2.24, 2.45) is 0 Å². The first-order chi connectivity index (χ1) is 9.10. The van der Waals surface area contributed by atoms with E-state index in [1.165, 1.54) is 0 Å². The van der Waals surface area contributed by atoms with Crippen LogP contribution in [0.5, 0.6) is 5.75 Å². The van der Waals surface area contributed by atoms with Crippen molar-refractivity contribution in [1.29, 1.82) is 0 Å². The highest BCUT2D eigenvalue weighted by atomic mass is 35.5. The van der Waals surface area contributed by atoms with Crippen LogP contribution in [0.1, 0.15) is 17.0 Å². The zero-order valence-corrected chi connectivity index (χ0v) is 12.1. The highest BCUT2D eigenvalue weighted by molar-refractivity contribution is 6.31. The molecule has 0 bridgehead atoms. The molecule has 3 nitrogen and oxygen atoms in total. The van der Waals surface area contributed by atoms with E-state index in [2.05, 4.69) is 10.3 Å². The molecule has 0 fully saturated rings. The normalized spacial score (nSPS) is 10.3. The number of methoxy groups -OCH3 is 1. The number of benzene rings is 1. The van der Waals surface area contributed by atoms with Gasteiger partial charge in [0.15, 0.2) is 0 Å². The average Bonchev–Trinajstić information content (AvgIpc) is 2.39. The van der Waals surface area contributed by atoms with E-state index in [-0.39, 0.29) is 0 Å². The number of aromatic nitrogens is 1. The van der Waals surface area contributed by atoms with Crippen LogP contribution >= 0.6 is 11.6 Å². The number of anilines is 1. The van der Waals surface area contributed by atoms with Crippen LogP contribution in [-0.4, -0.2) is 12.1 Å². The van der Waals surface area contributed by atoms with Crippen molar-refractivity contribution in [1.82, 2.24) is 4.98 Å². The van der Waals surface area contributed by atoms with Crippen LogP contribution in [0.3, 0.4) is 0 Å². The maximum atomic E-state index is 6.08. The van der Waals surface area contributed by atoms with Crippen LogP contribution in [0.25, 0.3) is 0 Å². The maximum Gasteiger partial charge on any atom is 0.143 e. The first-order valence-electron chi connectivity index (χ1n) is 6.10. The second kappa shape index (κ2) is 5.93. The Kier molecular flexibility index (Phi) is 4.27. The minimum atomic E-state index is 0.652. The van der Waals surface area contributed by atoms with Crippen molar-refractivity contribution in [2.45, 2.75) is 20.4 Å². The standard InChI is InChI=1S/C15H17ClN2O/c1-10-7-14(15(19-3)8-13(10)16)17-9-12-6-4-5-11(2)18-12/h4-8,17H,9H2,1-3H3. The molecule has 0 saturated heterocycles. The molecule has 0 aliphatic heterocycles. The summed E-state index contributed by atoms with van der Waals surface area (Å²) >= 11 is 6.08. The minimum Gasteiger partial charge on any atom is -0.495 e. The molecule has 0 aliphatic rings. The van der Waals surface area contributed by atoms with E-state index in [1.54, 1.807) is 7.11 Å². The van der Waals surface area contributed by atoms with Gasteiger partial charge in [0, 0.05) is 16.8 Å². The summed E-state index contributed by atoms with van der Waals surface area (Å²) in [7, 11) is 1.64. The Bertz CT molecular complexity index is 584. The van der Waals surface area contributed by atoms with Crippen molar-refractivity contribution >= 4 is 17.3 Å². The predicted octanol–water partition coefficient (Wildman–Crippen LogP) is 3.97. The Morgan fingerprint density at radius 2 is 2.05 bits per heavy atom. The summed E-state index contributed by atoms with van der Waals surface area (Å²) in [6.45, 7) is 4.60. The first-order valence-corrected chi connectivity index (χ1v) is 6.48. The molecule has 1 N–H and O–H groups in total. The Labute approximate surface area is 118 Å². The average molecular weight is 277 g/mol. The summed E-state index contributed by atoms with van der Waals surface area (Å²) in [6.07, 6.45) is 0. The molecule has 19 heavy (non-hydrogen) atoms. The number of halogens is 1. The van der Waals surface area contributed by atoms with Crippen LogP contribution in [0.15, 0.2) is 30.3 Å². The molecule has 0 radical (unpaired) electrons. The van der Waals surface area contributed by atoms with Crippen molar-refractivity contribution in [3.8, 4) is 5.75 Å². The van der Waals surface area contributed by atoms with E-state index in [4.69, 9.17) is 16.3 Å². The molecule has 0 amide bonds. The second-order valence-electron chi connectivity index (χ2n) is 4.43. The van der Waals surface area contributed by atoms with Gasteiger partial charge in [-0.05, 0) is 37.6 Å². The fourth-order valence-electron chi connectivity index (χ4n) is 1.85. The predicted molar refractivity (Wildman–Crippen MR) is 79.0 cm³/mol. The summed E-state index contributed by atoms with van der Waals surface area (Å²) in [5, 5.41) is 4.03. The van der Waals surface area contributed by atoms with E-state index >= 15 is 0 Å². The third-order valence-electron chi connectivity index (χ3n) is 2.89. The van der Waals surface area contributed by atoms with E-state index in [0.717, 1.165) is 28.4 Å². The van der Waals surface area contributed by atoms with Crippen LogP contribution < -0.4 is 10.1 Å². The number of aryl methyl sites for hydroxylation is 2. The van der Waals surface area contributed by atoms with Gasteiger partial charge in [-0.25, -0.2) is 0 Å². The van der Waals surface area contributed by atoms with Gasteiger partial charge in [-0.1, -0.05) is 17.7 Å². The molecule has 0 unspecified atom stereocenters. The smallest absolute Gasteiger partial charge is 0.143 e. The first kappa shape index (κ1) is 13.7. The van der Waals surface area contributed by atoms with E-state index in [0.29, 0.717) is 11.6 Å². The molecule has 4 heteroatoms. The van der Waals surface area contributed by atoms with Crippen molar-refractivity contribution in [3.63, 3.8) is 0 Å². The van der Waals surface area contributed by atoms with Gasteiger partial charge < -0.3 is 10.1 Å². The third-order valence-corrected chi connectivity index (χ3v) is 3.29. The molecular formula is C15H17ClN2O. The van der Waals surface area contributed by atoms with Gasteiger partial charge in [0.05, 0.1) is 25.0 Å². The Balaban J connectivity index is 2.17. The number of nitrogens with zero attached hydrogens (tertiary/aromatic N) is 1. The van der Waals surface area contributed by atoms with Crippen LogP contribution in [0, 0.1) is 13.8 Å². The molecule has 0 aliphatic carbocycles. The maximum absolute atomic E-state index is 6.08. The van der Waals surface area contributed by atoms with Crippen LogP contribution in [0.4, 0.5) is 5.69 Å². The molecule has 1 heterocycles. The number of rotatable bonds is 4. The lowest BCUT2D eigenvalue weighted by atomic mass is 10.2. The van der Waals surface area contributed by atoms with Crippen LogP contribution in [-0.2, 0) is 6.54 Å². The van der Waals surface area contributed by atoms with E-state index in [1.807, 2.05) is 44.2 Å². The second-order valence-corrected chi connectivity index (χ2v) is 4.83. The lowest BCUT2D eigenvalue weighted by Gasteiger charge is -2.13. The summed E-state index contributed by atoms with van der Waals surface area (Å²) in [6, 6.07) is 9.79. The van der Waals surface area contributed by atoms with Gasteiger partial charge in [-0.15, -0.1) is 0 Å². The Morgan fingerprint density at radius 1 is 1.26 bits per heavy atom. The van der Waals surface area contributed by atoms with Crippen molar-refractivity contribution < 1.29 is 4.74 Å². The highest BCUT2D eigenvalue weighted by Crippen LogP contribution is 2.31. The fraction of sp³-hybridized carbons (Fsp3) is 0.267. The molecule has 1 aromatic carbocycles. The zero-order chi connectivity index (χ0) is 13.8. The third kappa shape index (κ3) is 3.38. The largest absolute Gasteiger partial charge is 0.495 e. The van der Waals surface area contributed by atoms with Crippen LogP contribution in [0.2, 0.25) is 5.02 Å². The summed E-state index contributed by atoms with van der Waals surface area (Å²) in [5.74, 6) is 0.739. The zero-order valence-electron chi connectivity index (χ0n) is 11.3. The lowest BCUT2D eigenvalue weighted by molar-refractivity contribution is 0.416. The van der Waals surface area contributed by atoms with Gasteiger partial charge >= 0.3 is 0 Å². The highest BCUT2D eigenvalue weighted by Gasteiger charge is 2.07. The fourth-order valence-corrected chi connectivity index (χ4v) is 2.01. The number of hydrogen-bond donors (Lipinski definition) is 1. The van der Waals surface area contributed by atoms with Gasteiger partial charge in [0.1, 0.15) is 5.75 Å². The number of ether oxygens (including phenoxy) is 1. The number of pyridine rings is 1. The van der Waals surface area contributed by atoms with E-state index in [9.17, 15) is 0 Å². The van der Waals surface area contributed by atoms with Crippen molar-refractivity contribution in [2.75, 3.05) is 12.4 Å². The molecule has 0 atom stereocenters. The lowest BCUT2D eigenvalue weighted by Crippen LogP contribution is -2.04. The molecule has 1 aromatic heterocycles. The monoisotopic (exact) mass is 276 g/mol. The quantitative estimate of drug-likeness (QED) is 0.917. The number of nitrogens with one attached hydrogen (secondary N) is 1. The molecule has 2 aromatic rings. The van der Waals surface area contributed by atoms with Gasteiger partial charge in [0.25, 0.3) is 0 Å². The van der Waals surface area contributed by atoms with Gasteiger partial charge in [-0.3, -0.25) is 4.98 Å². The molecule has 0 spiro atoms. The molecule has 100 valence electrons. The minimum absolute atomic E-state index is 0.652.